The Bertz CT molecular complexity index is 1770. The highest BCUT2D eigenvalue weighted by Crippen LogP contribution is 2.54. The Labute approximate surface area is 342 Å². The van der Waals surface area contributed by atoms with Crippen LogP contribution in [0.4, 0.5) is 0 Å². The molecule has 4 rings (SSSR count). The lowest BCUT2D eigenvalue weighted by Gasteiger charge is -2.31. The summed E-state index contributed by atoms with van der Waals surface area (Å²) in [6.45, 7) is 8.62. The molecule has 2 aliphatic rings. The van der Waals surface area contributed by atoms with Gasteiger partial charge in [0.15, 0.2) is 0 Å². The predicted molar refractivity (Wildman–Crippen MR) is 219 cm³/mol. The van der Waals surface area contributed by atoms with Gasteiger partial charge in [0, 0.05) is 6.08 Å². The van der Waals surface area contributed by atoms with Gasteiger partial charge in [-0.1, -0.05) is 72.8 Å². The van der Waals surface area contributed by atoms with E-state index < -0.39 is 75.8 Å². The number of rotatable bonds is 18. The van der Waals surface area contributed by atoms with Crippen LogP contribution in [-0.2, 0) is 68.7 Å². The average molecular weight is 847 g/mol. The van der Waals surface area contributed by atoms with E-state index in [1.165, 1.54) is 26.4 Å². The van der Waals surface area contributed by atoms with Gasteiger partial charge in [0.05, 0.1) is 44.7 Å². The molecule has 2 N–H and O–H groups in total. The van der Waals surface area contributed by atoms with Crippen molar-refractivity contribution in [1.29, 1.82) is 0 Å². The van der Waals surface area contributed by atoms with Gasteiger partial charge in [-0.25, -0.2) is 24.1 Å². The number of nitrogens with one attached hydrogen (secondary N) is 2. The minimum Gasteiger partial charge on any atom is -0.468 e. The zero-order valence-electron chi connectivity index (χ0n) is 34.5. The zero-order valence-corrected chi connectivity index (χ0v) is 36.3. The van der Waals surface area contributed by atoms with Crippen LogP contribution in [0.15, 0.2) is 85.0 Å². The van der Waals surface area contributed by atoms with E-state index in [1.807, 2.05) is 79.7 Å². The molecule has 1 saturated carbocycles. The molecule has 2 aromatic carbocycles. The van der Waals surface area contributed by atoms with Crippen LogP contribution in [0.5, 0.6) is 0 Å². The molecule has 0 amide bonds. The van der Waals surface area contributed by atoms with Gasteiger partial charge in [-0.2, -0.15) is 0 Å². The standard InChI is InChI=1S/C42H60N2O12P2/c1-29(2)53-57(48,43-37(41(46)50-6)25-32-18-12-9-13-19-32)55-35-27-34-22-16-8-11-17-31(5)52-40(45)24-23-39(36(34)28-35)56-58(49,54-30(3)4)44-38(42(47)51-7)26-33-20-14-10-15-21-33/h9-10,12-16,18-24,29-31,34-39H,8,11,17,25-28H2,1-7H3,(H,43,48)(H,44,49)/b22-16+,24-23+/t31-,34+,35-,36+,37-,38-,39+,57?,58?/m0/s1. The summed E-state index contributed by atoms with van der Waals surface area (Å²) in [5, 5.41) is 5.72. The number of cyclic esters (lactones) is 1. The van der Waals surface area contributed by atoms with Crippen LogP contribution in [0.3, 0.4) is 0 Å². The first-order valence-electron chi connectivity index (χ1n) is 19.9. The van der Waals surface area contributed by atoms with Gasteiger partial charge >= 0.3 is 33.4 Å². The average Bonchev–Trinajstić information content (AvgIpc) is 3.56. The van der Waals surface area contributed by atoms with Crippen molar-refractivity contribution >= 4 is 33.4 Å². The van der Waals surface area contributed by atoms with Crippen molar-refractivity contribution in [3.05, 3.63) is 96.1 Å². The van der Waals surface area contributed by atoms with Crippen LogP contribution in [0, 0.1) is 11.8 Å². The fraction of sp³-hybridized carbons (Fsp3) is 0.548. The first kappa shape index (κ1) is 47.2. The molecule has 1 aliphatic carbocycles. The molecule has 9 atom stereocenters. The molecule has 2 unspecified atom stereocenters. The maximum absolute atomic E-state index is 14.9. The highest BCUT2D eigenvalue weighted by Gasteiger charge is 2.46. The minimum absolute atomic E-state index is 0.118. The molecule has 1 heterocycles. The Morgan fingerprint density at radius 3 is 1.79 bits per heavy atom. The number of methoxy groups -OCH3 is 2. The summed E-state index contributed by atoms with van der Waals surface area (Å²) in [4.78, 5) is 39.2. The molecule has 0 aromatic heterocycles. The molecule has 2 aromatic rings. The second-order valence-electron chi connectivity index (χ2n) is 15.2. The van der Waals surface area contributed by atoms with E-state index in [-0.39, 0.29) is 31.3 Å². The monoisotopic (exact) mass is 846 g/mol. The number of carbonyl (C=O) groups excluding carboxylic acids is 3. The van der Waals surface area contributed by atoms with E-state index in [1.54, 1.807) is 27.7 Å². The van der Waals surface area contributed by atoms with Gasteiger partial charge in [0.25, 0.3) is 0 Å². The molecule has 0 saturated heterocycles. The van der Waals surface area contributed by atoms with Crippen molar-refractivity contribution in [3.8, 4) is 0 Å². The highest BCUT2D eigenvalue weighted by atomic mass is 31.2. The summed E-state index contributed by atoms with van der Waals surface area (Å²) in [7, 11) is -6.10. The molecular weight excluding hydrogens is 786 g/mol. The number of fused-ring (bicyclic) bond motifs is 1. The van der Waals surface area contributed by atoms with Crippen LogP contribution in [0.1, 0.15) is 77.8 Å². The summed E-state index contributed by atoms with van der Waals surface area (Å²) in [6.07, 6.45) is 6.44. The van der Waals surface area contributed by atoms with Gasteiger partial charge < -0.3 is 14.2 Å². The van der Waals surface area contributed by atoms with Crippen LogP contribution in [-0.4, -0.2) is 74.7 Å². The number of allylic oxidation sites excluding steroid dienone is 2. The smallest absolute Gasteiger partial charge is 0.407 e. The van der Waals surface area contributed by atoms with Crippen molar-refractivity contribution in [1.82, 2.24) is 10.2 Å². The lowest BCUT2D eigenvalue weighted by Crippen LogP contribution is -2.40. The second-order valence-corrected chi connectivity index (χ2v) is 18.5. The number of esters is 3. The molecule has 58 heavy (non-hydrogen) atoms. The minimum atomic E-state index is -4.38. The molecular formula is C42H60N2O12P2. The Balaban J connectivity index is 1.70. The number of hydrogen-bond acceptors (Lipinski definition) is 12. The van der Waals surface area contributed by atoms with Crippen molar-refractivity contribution < 1.29 is 55.8 Å². The molecule has 1 aliphatic heterocycles. The molecule has 16 heteroatoms. The maximum atomic E-state index is 14.9. The fourth-order valence-electron chi connectivity index (χ4n) is 7.07. The Kier molecular flexibility index (Phi) is 18.6. The topological polar surface area (TPSA) is 174 Å². The second kappa shape index (κ2) is 22.8. The first-order valence-corrected chi connectivity index (χ1v) is 23.0. The molecule has 0 bridgehead atoms. The van der Waals surface area contributed by atoms with E-state index in [0.717, 1.165) is 17.5 Å². The summed E-state index contributed by atoms with van der Waals surface area (Å²) in [5.41, 5.74) is 1.58. The van der Waals surface area contributed by atoms with Crippen molar-refractivity contribution in [2.45, 2.75) is 122 Å². The Morgan fingerprint density at radius 1 is 0.776 bits per heavy atom. The molecule has 14 nitrogen and oxygen atoms in total. The van der Waals surface area contributed by atoms with Gasteiger partial charge in [-0.05, 0) is 109 Å². The third-order valence-electron chi connectivity index (χ3n) is 9.56. The quantitative estimate of drug-likeness (QED) is 0.0643. The third kappa shape index (κ3) is 15.3. The van der Waals surface area contributed by atoms with Gasteiger partial charge in [-0.15, -0.1) is 0 Å². The van der Waals surface area contributed by atoms with E-state index in [9.17, 15) is 23.5 Å². The largest absolute Gasteiger partial charge is 0.468 e. The van der Waals surface area contributed by atoms with Crippen LogP contribution >= 0.6 is 15.5 Å². The van der Waals surface area contributed by atoms with Gasteiger partial charge in [0.1, 0.15) is 12.1 Å². The van der Waals surface area contributed by atoms with Crippen molar-refractivity contribution in [3.63, 3.8) is 0 Å². The van der Waals surface area contributed by atoms with E-state index in [0.29, 0.717) is 19.3 Å². The van der Waals surface area contributed by atoms with Gasteiger partial charge in [-0.3, -0.25) is 27.7 Å². The molecule has 0 radical (unpaired) electrons. The van der Waals surface area contributed by atoms with E-state index >= 15 is 0 Å². The zero-order chi connectivity index (χ0) is 42.3. The van der Waals surface area contributed by atoms with E-state index in [2.05, 4.69) is 10.2 Å². The summed E-state index contributed by atoms with van der Waals surface area (Å²) >= 11 is 0. The Hall–Kier alpha value is -3.45. The molecule has 1 fully saturated rings. The van der Waals surface area contributed by atoms with E-state index in [4.69, 9.17) is 32.3 Å². The summed E-state index contributed by atoms with van der Waals surface area (Å²) < 4.78 is 70.0. The summed E-state index contributed by atoms with van der Waals surface area (Å²) in [6, 6.07) is 16.2. The molecule has 0 spiro atoms. The predicted octanol–water partition coefficient (Wildman–Crippen LogP) is 7.83. The highest BCUT2D eigenvalue weighted by molar-refractivity contribution is 7.52. The fourth-order valence-corrected chi connectivity index (χ4v) is 10.8. The summed E-state index contributed by atoms with van der Waals surface area (Å²) in [5.74, 6) is -2.74. The SMILES string of the molecule is COC(=O)[C@H](Cc1ccccc1)NP(=O)(OC(C)C)O[C@@H]1C[C@@H]2[C@H](/C=C/CCC[C@H](C)OC(=O)/C=C/[C@H]2OP(=O)(N[C@@H](Cc2ccccc2)C(=O)OC)OC(C)C)C1. The first-order chi connectivity index (χ1) is 27.6. The van der Waals surface area contributed by atoms with Crippen molar-refractivity contribution in [2.24, 2.45) is 11.8 Å². The van der Waals surface area contributed by atoms with Crippen LogP contribution in [0.2, 0.25) is 0 Å². The normalized spacial score (nSPS) is 25.7. The molecule has 320 valence electrons. The van der Waals surface area contributed by atoms with Crippen LogP contribution < -0.4 is 10.2 Å². The number of ether oxygens (including phenoxy) is 3. The third-order valence-corrected chi connectivity index (χ3v) is 13.3. The number of carbonyl (C=O) groups is 3. The number of hydrogen-bond donors (Lipinski definition) is 2. The lowest BCUT2D eigenvalue weighted by atomic mass is 9.90. The maximum Gasteiger partial charge on any atom is 0.407 e. The van der Waals surface area contributed by atoms with Crippen LogP contribution in [0.25, 0.3) is 0 Å². The Morgan fingerprint density at radius 2 is 1.29 bits per heavy atom. The van der Waals surface area contributed by atoms with Gasteiger partial charge in [0.2, 0.25) is 0 Å². The lowest BCUT2D eigenvalue weighted by molar-refractivity contribution is -0.143. The van der Waals surface area contributed by atoms with Crippen molar-refractivity contribution in [2.75, 3.05) is 14.2 Å². The number of benzene rings is 2.